The maximum absolute atomic E-state index is 11.4. The third-order valence-corrected chi connectivity index (χ3v) is 3.21. The average molecular weight is 286 g/mol. The Labute approximate surface area is 123 Å². The van der Waals surface area contributed by atoms with Crippen molar-refractivity contribution in [2.24, 2.45) is 0 Å². The molecule has 0 heterocycles. The highest BCUT2D eigenvalue weighted by Gasteiger charge is 2.12. The monoisotopic (exact) mass is 286 g/mol. The van der Waals surface area contributed by atoms with Gasteiger partial charge in [0.15, 0.2) is 0 Å². The molecule has 2 aromatic carbocycles. The molecule has 0 atom stereocenters. The van der Waals surface area contributed by atoms with Crippen LogP contribution in [-0.4, -0.2) is 18.2 Å². The lowest BCUT2D eigenvalue weighted by molar-refractivity contribution is 0.0597. The van der Waals surface area contributed by atoms with E-state index in [0.29, 0.717) is 12.4 Å². The summed E-state index contributed by atoms with van der Waals surface area (Å²) in [5.41, 5.74) is 2.44. The predicted octanol–water partition coefficient (Wildman–Crippen LogP) is 3.32. The summed E-state index contributed by atoms with van der Waals surface area (Å²) >= 11 is 0. The van der Waals surface area contributed by atoms with Crippen LogP contribution in [0.15, 0.2) is 42.5 Å². The number of aromatic hydroxyl groups is 1. The van der Waals surface area contributed by atoms with E-state index in [1.165, 1.54) is 24.8 Å². The van der Waals surface area contributed by atoms with Crippen LogP contribution in [0, 0.1) is 0 Å². The maximum Gasteiger partial charge on any atom is 0.341 e. The van der Waals surface area contributed by atoms with Crippen molar-refractivity contribution in [3.05, 3.63) is 59.2 Å². The van der Waals surface area contributed by atoms with Crippen LogP contribution in [-0.2, 0) is 17.8 Å². The van der Waals surface area contributed by atoms with Gasteiger partial charge in [0, 0.05) is 6.07 Å². The van der Waals surface area contributed by atoms with E-state index in [4.69, 9.17) is 4.74 Å². The Morgan fingerprint density at radius 1 is 1.10 bits per heavy atom. The van der Waals surface area contributed by atoms with Crippen LogP contribution < -0.4 is 4.74 Å². The van der Waals surface area contributed by atoms with Crippen LogP contribution in [0.5, 0.6) is 11.5 Å². The lowest BCUT2D eigenvalue weighted by Crippen LogP contribution is -2.02. The lowest BCUT2D eigenvalue weighted by atomic mass is 10.1. The molecule has 0 fully saturated rings. The van der Waals surface area contributed by atoms with Gasteiger partial charge < -0.3 is 14.6 Å². The van der Waals surface area contributed by atoms with Crippen LogP contribution >= 0.6 is 0 Å². The Bertz CT molecular complexity index is 617. The number of phenolic OH excluding ortho intramolecular Hbond substituents is 1. The normalized spacial score (nSPS) is 10.2. The van der Waals surface area contributed by atoms with Gasteiger partial charge in [-0.1, -0.05) is 31.2 Å². The summed E-state index contributed by atoms with van der Waals surface area (Å²) in [4.78, 5) is 11.4. The van der Waals surface area contributed by atoms with Crippen molar-refractivity contribution in [1.29, 1.82) is 0 Å². The number of carbonyl (C=O) groups excluding carboxylic acids is 1. The minimum atomic E-state index is -0.575. The van der Waals surface area contributed by atoms with Gasteiger partial charge in [0.05, 0.1) is 7.11 Å². The molecule has 110 valence electrons. The summed E-state index contributed by atoms with van der Waals surface area (Å²) in [6.45, 7) is 2.51. The van der Waals surface area contributed by atoms with Gasteiger partial charge in [-0.3, -0.25) is 0 Å². The molecule has 0 aliphatic heterocycles. The van der Waals surface area contributed by atoms with E-state index in [0.717, 1.165) is 12.0 Å². The maximum atomic E-state index is 11.4. The van der Waals surface area contributed by atoms with E-state index in [9.17, 15) is 9.90 Å². The van der Waals surface area contributed by atoms with Crippen molar-refractivity contribution in [3.63, 3.8) is 0 Å². The molecule has 0 saturated carbocycles. The molecule has 0 radical (unpaired) electrons. The van der Waals surface area contributed by atoms with E-state index < -0.39 is 5.97 Å². The number of phenols is 1. The number of aryl methyl sites for hydroxylation is 1. The highest BCUT2D eigenvalue weighted by atomic mass is 16.5. The fraction of sp³-hybridized carbons (Fsp3) is 0.235. The van der Waals surface area contributed by atoms with Crippen molar-refractivity contribution in [1.82, 2.24) is 0 Å². The fourth-order valence-electron chi connectivity index (χ4n) is 1.92. The molecule has 0 aliphatic carbocycles. The molecule has 0 aromatic heterocycles. The van der Waals surface area contributed by atoms with Crippen LogP contribution in [0.4, 0.5) is 0 Å². The number of esters is 1. The molecular weight excluding hydrogens is 268 g/mol. The smallest absolute Gasteiger partial charge is 0.341 e. The minimum Gasteiger partial charge on any atom is -0.507 e. The molecule has 0 amide bonds. The molecule has 2 rings (SSSR count). The van der Waals surface area contributed by atoms with Crippen molar-refractivity contribution in [2.75, 3.05) is 7.11 Å². The second kappa shape index (κ2) is 6.79. The van der Waals surface area contributed by atoms with Gasteiger partial charge in [0.2, 0.25) is 0 Å². The van der Waals surface area contributed by atoms with Gasteiger partial charge in [0.25, 0.3) is 0 Å². The Morgan fingerprint density at radius 3 is 2.33 bits per heavy atom. The first-order valence-electron chi connectivity index (χ1n) is 6.76. The number of carbonyl (C=O) groups is 1. The zero-order valence-electron chi connectivity index (χ0n) is 12.1. The molecule has 2 aromatic rings. The number of methoxy groups -OCH3 is 1. The summed E-state index contributed by atoms with van der Waals surface area (Å²) in [7, 11) is 1.27. The Balaban J connectivity index is 2.03. The van der Waals surface area contributed by atoms with Crippen molar-refractivity contribution in [3.8, 4) is 11.5 Å². The average Bonchev–Trinajstić information content (AvgIpc) is 2.52. The standard InChI is InChI=1S/C17H18O4/c1-3-12-4-6-13(7-5-12)11-21-14-8-9-15(16(18)10-14)17(19)20-2/h4-10,18H,3,11H2,1-2H3. The predicted molar refractivity (Wildman–Crippen MR) is 79.6 cm³/mol. The molecule has 0 aliphatic rings. The largest absolute Gasteiger partial charge is 0.507 e. The Morgan fingerprint density at radius 2 is 1.76 bits per heavy atom. The summed E-state index contributed by atoms with van der Waals surface area (Å²) < 4.78 is 10.2. The Hall–Kier alpha value is -2.49. The molecule has 0 bridgehead atoms. The SMILES string of the molecule is CCc1ccc(COc2ccc(C(=O)OC)c(O)c2)cc1. The van der Waals surface area contributed by atoms with E-state index >= 15 is 0 Å². The van der Waals surface area contributed by atoms with Gasteiger partial charge >= 0.3 is 5.97 Å². The van der Waals surface area contributed by atoms with Crippen molar-refractivity contribution >= 4 is 5.97 Å². The summed E-state index contributed by atoms with van der Waals surface area (Å²) in [5.74, 6) is -0.227. The van der Waals surface area contributed by atoms with Crippen LogP contribution in [0.25, 0.3) is 0 Å². The minimum absolute atomic E-state index is 0.122. The van der Waals surface area contributed by atoms with Crippen LogP contribution in [0.2, 0.25) is 0 Å². The van der Waals surface area contributed by atoms with E-state index in [1.54, 1.807) is 6.07 Å². The molecule has 1 N–H and O–H groups in total. The topological polar surface area (TPSA) is 55.8 Å². The van der Waals surface area contributed by atoms with Gasteiger partial charge in [-0.05, 0) is 29.7 Å². The number of rotatable bonds is 5. The second-order valence-electron chi connectivity index (χ2n) is 4.63. The molecule has 0 spiro atoms. The lowest BCUT2D eigenvalue weighted by Gasteiger charge is -2.09. The highest BCUT2D eigenvalue weighted by molar-refractivity contribution is 5.92. The first-order chi connectivity index (χ1) is 10.1. The third kappa shape index (κ3) is 3.75. The molecule has 21 heavy (non-hydrogen) atoms. The fourth-order valence-corrected chi connectivity index (χ4v) is 1.92. The molecular formula is C17H18O4. The van der Waals surface area contributed by atoms with Crippen molar-refractivity contribution < 1.29 is 19.4 Å². The number of benzene rings is 2. The summed E-state index contributed by atoms with van der Waals surface area (Å²) in [6.07, 6.45) is 1.00. The van der Waals surface area contributed by atoms with Crippen LogP contribution in [0.3, 0.4) is 0 Å². The molecule has 0 unspecified atom stereocenters. The number of hydrogen-bond donors (Lipinski definition) is 1. The van der Waals surface area contributed by atoms with E-state index in [-0.39, 0.29) is 11.3 Å². The second-order valence-corrected chi connectivity index (χ2v) is 4.63. The highest BCUT2D eigenvalue weighted by Crippen LogP contribution is 2.24. The van der Waals surface area contributed by atoms with Gasteiger partial charge in [0.1, 0.15) is 23.7 Å². The van der Waals surface area contributed by atoms with Crippen molar-refractivity contribution in [2.45, 2.75) is 20.0 Å². The van der Waals surface area contributed by atoms with E-state index in [1.807, 2.05) is 12.1 Å². The molecule has 0 saturated heterocycles. The zero-order chi connectivity index (χ0) is 15.2. The summed E-state index contributed by atoms with van der Waals surface area (Å²) in [5, 5.41) is 9.78. The summed E-state index contributed by atoms with van der Waals surface area (Å²) in [6, 6.07) is 12.7. The first kappa shape index (κ1) is 14.9. The number of hydrogen-bond acceptors (Lipinski definition) is 4. The Kier molecular flexibility index (Phi) is 4.82. The van der Waals surface area contributed by atoms with Gasteiger partial charge in [-0.2, -0.15) is 0 Å². The van der Waals surface area contributed by atoms with Gasteiger partial charge in [-0.15, -0.1) is 0 Å². The molecule has 4 nitrogen and oxygen atoms in total. The van der Waals surface area contributed by atoms with Gasteiger partial charge in [-0.25, -0.2) is 4.79 Å². The number of ether oxygens (including phenoxy) is 2. The zero-order valence-corrected chi connectivity index (χ0v) is 12.1. The first-order valence-corrected chi connectivity index (χ1v) is 6.76. The van der Waals surface area contributed by atoms with Crippen LogP contribution in [0.1, 0.15) is 28.4 Å². The van der Waals surface area contributed by atoms with E-state index in [2.05, 4.69) is 23.8 Å². The quantitative estimate of drug-likeness (QED) is 0.857. The molecule has 4 heteroatoms. The third-order valence-electron chi connectivity index (χ3n) is 3.21.